The van der Waals surface area contributed by atoms with E-state index in [0.717, 1.165) is 10.9 Å². The lowest BCUT2D eigenvalue weighted by Gasteiger charge is -1.90. The molecule has 0 unspecified atom stereocenters. The summed E-state index contributed by atoms with van der Waals surface area (Å²) in [6, 6.07) is 7.98. The van der Waals surface area contributed by atoms with Crippen molar-refractivity contribution in [3.05, 3.63) is 30.5 Å². The van der Waals surface area contributed by atoms with Crippen molar-refractivity contribution in [1.29, 1.82) is 0 Å². The zero-order valence-corrected chi connectivity index (χ0v) is 5.49. The summed E-state index contributed by atoms with van der Waals surface area (Å²) in [6.07, 6.45) is 1.81. The highest BCUT2D eigenvalue weighted by Gasteiger charge is 1.93. The molecule has 0 bridgehead atoms. The largest absolute Gasteiger partial charge is 0.321 e. The molecule has 0 N–H and O–H groups in total. The smallest absolute Gasteiger partial charge is 0.259 e. The van der Waals surface area contributed by atoms with Gasteiger partial charge in [-0.3, -0.25) is 0 Å². The van der Waals surface area contributed by atoms with Crippen LogP contribution in [0.15, 0.2) is 30.5 Å². The molecule has 0 fully saturated rings. The van der Waals surface area contributed by atoms with Crippen molar-refractivity contribution in [1.82, 2.24) is 9.69 Å². The van der Waals surface area contributed by atoms with E-state index < -0.39 is 0 Å². The van der Waals surface area contributed by atoms with Gasteiger partial charge in [0, 0.05) is 5.39 Å². The van der Waals surface area contributed by atoms with E-state index in [9.17, 15) is 0 Å². The molecule has 1 radical (unpaired) electrons. The first-order chi connectivity index (χ1) is 4.88. The molecule has 2 aromatic rings. The Kier molecular flexibility index (Phi) is 1.03. The second-order valence-electron chi connectivity index (χ2n) is 2.20. The average molecular weight is 129 g/mol. The van der Waals surface area contributed by atoms with Crippen LogP contribution in [0.1, 0.15) is 0 Å². The second-order valence-corrected chi connectivity index (χ2v) is 2.20. The first-order valence-electron chi connectivity index (χ1n) is 3.11. The Balaban J connectivity index is 2.93. The van der Waals surface area contributed by atoms with Gasteiger partial charge in [0.15, 0.2) is 0 Å². The Hall–Kier alpha value is -1.25. The van der Waals surface area contributed by atoms with E-state index in [-0.39, 0.29) is 0 Å². The Bertz CT molecular complexity index is 353. The Morgan fingerprint density at radius 1 is 1.30 bits per heavy atom. The summed E-state index contributed by atoms with van der Waals surface area (Å²) < 4.78 is 1.62. The molecule has 1 heterocycles. The standard InChI is InChI=1S/C7H6BN2/c8-10-7-4-2-1-3-6(7)5-9-10/h1-5,8H. The van der Waals surface area contributed by atoms with Gasteiger partial charge in [0.25, 0.3) is 7.98 Å². The lowest BCUT2D eigenvalue weighted by atomic mass is 10.2. The predicted molar refractivity (Wildman–Crippen MR) is 42.3 cm³/mol. The third-order valence-corrected chi connectivity index (χ3v) is 1.55. The predicted octanol–water partition coefficient (Wildman–Crippen LogP) is 0.700. The fraction of sp³-hybridized carbons (Fsp3) is 0. The molecule has 2 nitrogen and oxygen atoms in total. The van der Waals surface area contributed by atoms with Crippen LogP contribution in [-0.4, -0.2) is 17.7 Å². The van der Waals surface area contributed by atoms with E-state index in [0.29, 0.717) is 0 Å². The molecule has 10 heavy (non-hydrogen) atoms. The van der Waals surface area contributed by atoms with Crippen LogP contribution in [0.25, 0.3) is 10.9 Å². The number of para-hydroxylation sites is 1. The van der Waals surface area contributed by atoms with Crippen molar-refractivity contribution >= 4 is 18.9 Å². The highest BCUT2D eigenvalue weighted by Crippen LogP contribution is 2.09. The highest BCUT2D eigenvalue weighted by molar-refractivity contribution is 6.10. The van der Waals surface area contributed by atoms with Crippen molar-refractivity contribution in [3.8, 4) is 0 Å². The van der Waals surface area contributed by atoms with Crippen molar-refractivity contribution < 1.29 is 0 Å². The number of nitrogens with zero attached hydrogens (tertiary/aromatic N) is 2. The monoisotopic (exact) mass is 129 g/mol. The maximum absolute atomic E-state index is 4.00. The van der Waals surface area contributed by atoms with Gasteiger partial charge in [0.2, 0.25) is 0 Å². The molecule has 2 rings (SSSR count). The number of benzene rings is 1. The molecule has 3 heteroatoms. The quantitative estimate of drug-likeness (QED) is 0.478. The third kappa shape index (κ3) is 0.636. The van der Waals surface area contributed by atoms with E-state index in [1.807, 2.05) is 30.5 Å². The molecule has 0 saturated carbocycles. The minimum Gasteiger partial charge on any atom is -0.321 e. The molecule has 0 amide bonds. The maximum atomic E-state index is 4.00. The van der Waals surface area contributed by atoms with E-state index >= 15 is 0 Å². The fourth-order valence-electron chi connectivity index (χ4n) is 1.03. The maximum Gasteiger partial charge on any atom is 0.259 e. The third-order valence-electron chi connectivity index (χ3n) is 1.55. The molecule has 0 atom stereocenters. The van der Waals surface area contributed by atoms with Gasteiger partial charge in [-0.1, -0.05) is 18.2 Å². The van der Waals surface area contributed by atoms with Gasteiger partial charge in [-0.2, -0.15) is 5.10 Å². The summed E-state index contributed by atoms with van der Waals surface area (Å²) in [5.74, 6) is 0. The molecule has 47 valence electrons. The van der Waals surface area contributed by atoms with E-state index in [4.69, 9.17) is 0 Å². The molecular weight excluding hydrogens is 123 g/mol. The zero-order valence-electron chi connectivity index (χ0n) is 5.49. The zero-order chi connectivity index (χ0) is 6.97. The van der Waals surface area contributed by atoms with Crippen LogP contribution in [0, 0.1) is 0 Å². The summed E-state index contributed by atoms with van der Waals surface area (Å²) >= 11 is 0. The SMILES string of the molecule is [BH]n1ncc2ccccc21. The molecule has 1 aromatic heterocycles. The number of hydrogen-bond donors (Lipinski definition) is 0. The number of hydrogen-bond acceptors (Lipinski definition) is 1. The van der Waals surface area contributed by atoms with Gasteiger partial charge in [-0.15, -0.1) is 0 Å². The van der Waals surface area contributed by atoms with Crippen LogP contribution in [-0.2, 0) is 0 Å². The van der Waals surface area contributed by atoms with E-state index in [1.165, 1.54) is 0 Å². The van der Waals surface area contributed by atoms with Gasteiger partial charge in [0.1, 0.15) is 0 Å². The molecule has 0 spiro atoms. The van der Waals surface area contributed by atoms with Crippen LogP contribution < -0.4 is 0 Å². The topological polar surface area (TPSA) is 17.8 Å². The van der Waals surface area contributed by atoms with Gasteiger partial charge >= 0.3 is 0 Å². The van der Waals surface area contributed by atoms with Crippen LogP contribution >= 0.6 is 0 Å². The Morgan fingerprint density at radius 3 is 2.90 bits per heavy atom. The molecular formula is C7H6BN2. The number of fused-ring (bicyclic) bond motifs is 1. The summed E-state index contributed by atoms with van der Waals surface area (Å²) in [7, 11) is 3.71. The van der Waals surface area contributed by atoms with Gasteiger partial charge in [-0.05, 0) is 6.07 Å². The van der Waals surface area contributed by atoms with Crippen LogP contribution in [0.2, 0.25) is 0 Å². The lowest BCUT2D eigenvalue weighted by molar-refractivity contribution is 1.02. The van der Waals surface area contributed by atoms with Crippen LogP contribution in [0.4, 0.5) is 0 Å². The van der Waals surface area contributed by atoms with Gasteiger partial charge < -0.3 is 4.59 Å². The first-order valence-corrected chi connectivity index (χ1v) is 3.11. The summed E-state index contributed by atoms with van der Waals surface area (Å²) in [4.78, 5) is 0. The minimum atomic E-state index is 1.07. The summed E-state index contributed by atoms with van der Waals surface area (Å²) in [5.41, 5.74) is 1.07. The lowest BCUT2D eigenvalue weighted by Crippen LogP contribution is -1.91. The van der Waals surface area contributed by atoms with Gasteiger partial charge in [-0.25, -0.2) is 0 Å². The Morgan fingerprint density at radius 2 is 2.10 bits per heavy atom. The number of aromatic nitrogens is 2. The summed E-state index contributed by atoms with van der Waals surface area (Å²) in [6.45, 7) is 0. The van der Waals surface area contributed by atoms with Crippen LogP contribution in [0.3, 0.4) is 0 Å². The van der Waals surface area contributed by atoms with Crippen molar-refractivity contribution in [2.75, 3.05) is 0 Å². The molecule has 1 aromatic carbocycles. The summed E-state index contributed by atoms with van der Waals surface area (Å²) in [5, 5.41) is 5.14. The number of rotatable bonds is 0. The van der Waals surface area contributed by atoms with Crippen molar-refractivity contribution in [2.45, 2.75) is 0 Å². The highest BCUT2D eigenvalue weighted by atomic mass is 15.2. The van der Waals surface area contributed by atoms with Crippen LogP contribution in [0.5, 0.6) is 0 Å². The average Bonchev–Trinajstić information content (AvgIpc) is 2.34. The molecule has 0 saturated heterocycles. The normalized spacial score (nSPS) is 10.4. The van der Waals surface area contributed by atoms with Crippen molar-refractivity contribution in [2.24, 2.45) is 0 Å². The minimum absolute atomic E-state index is 1.07. The fourth-order valence-corrected chi connectivity index (χ4v) is 1.03. The van der Waals surface area contributed by atoms with Gasteiger partial charge in [0.05, 0.1) is 11.7 Å². The van der Waals surface area contributed by atoms with E-state index in [2.05, 4.69) is 13.1 Å². The second kappa shape index (κ2) is 1.87. The van der Waals surface area contributed by atoms with Crippen molar-refractivity contribution in [3.63, 3.8) is 0 Å². The first kappa shape index (κ1) is 5.53. The molecule has 0 aliphatic carbocycles. The Labute approximate surface area is 59.9 Å². The molecule has 0 aliphatic heterocycles. The molecule has 0 aliphatic rings. The van der Waals surface area contributed by atoms with E-state index in [1.54, 1.807) is 4.59 Å².